The highest BCUT2D eigenvalue weighted by Crippen LogP contribution is 2.36. The van der Waals surface area contributed by atoms with Crippen molar-refractivity contribution < 1.29 is 18.7 Å². The van der Waals surface area contributed by atoms with Crippen molar-refractivity contribution in [2.24, 2.45) is 0 Å². The third-order valence-electron chi connectivity index (χ3n) is 5.05. The van der Waals surface area contributed by atoms with Crippen molar-refractivity contribution in [2.75, 3.05) is 13.7 Å². The van der Waals surface area contributed by atoms with Gasteiger partial charge in [-0.2, -0.15) is 0 Å². The summed E-state index contributed by atoms with van der Waals surface area (Å²) in [5.74, 6) is 0.710. The fraction of sp³-hybridized carbons (Fsp3) is 0.217. The zero-order valence-corrected chi connectivity index (χ0v) is 16.3. The molecule has 0 fully saturated rings. The van der Waals surface area contributed by atoms with Gasteiger partial charge in [-0.25, -0.2) is 0 Å². The predicted molar refractivity (Wildman–Crippen MR) is 110 cm³/mol. The maximum atomic E-state index is 13.3. The maximum Gasteiger partial charge on any atom is 0.288 e. The normalized spacial score (nSPS) is 15.1. The van der Waals surface area contributed by atoms with Crippen molar-refractivity contribution in [1.82, 2.24) is 5.32 Å². The van der Waals surface area contributed by atoms with E-state index in [-0.39, 0.29) is 11.2 Å². The summed E-state index contributed by atoms with van der Waals surface area (Å²) in [6.07, 6.45) is 2.44. The average Bonchev–Trinajstić information content (AvgIpc) is 3.08. The number of rotatable bonds is 6. The number of amides is 1. The number of fused-ring (bicyclic) bond motifs is 2. The van der Waals surface area contributed by atoms with Crippen LogP contribution in [-0.4, -0.2) is 19.6 Å². The van der Waals surface area contributed by atoms with Crippen LogP contribution >= 0.6 is 0 Å². The van der Waals surface area contributed by atoms with Crippen LogP contribution in [0.1, 0.15) is 40.2 Å². The van der Waals surface area contributed by atoms with Gasteiger partial charge in [0.05, 0.1) is 24.1 Å². The Balaban J connectivity index is 1.85. The maximum absolute atomic E-state index is 13.3. The molecule has 29 heavy (non-hydrogen) atoms. The Morgan fingerprint density at radius 1 is 1.17 bits per heavy atom. The number of hydrogen-bond donors (Lipinski definition) is 1. The molecule has 6 heteroatoms. The number of hydrogen-bond acceptors (Lipinski definition) is 5. The van der Waals surface area contributed by atoms with Crippen molar-refractivity contribution in [3.05, 3.63) is 81.7 Å². The molecule has 2 aromatic carbocycles. The lowest BCUT2D eigenvalue weighted by Crippen LogP contribution is -2.22. The van der Waals surface area contributed by atoms with Crippen LogP contribution in [0.2, 0.25) is 0 Å². The molecule has 6 nitrogen and oxygen atoms in total. The quantitative estimate of drug-likeness (QED) is 0.648. The summed E-state index contributed by atoms with van der Waals surface area (Å²) in [5, 5.41) is 3.32. The van der Waals surface area contributed by atoms with Gasteiger partial charge in [-0.1, -0.05) is 31.7 Å². The predicted octanol–water partition coefficient (Wildman–Crippen LogP) is 3.76. The third-order valence-corrected chi connectivity index (χ3v) is 5.05. The molecule has 0 saturated carbocycles. The van der Waals surface area contributed by atoms with Crippen LogP contribution < -0.4 is 20.2 Å². The molecule has 2 heterocycles. The highest BCUT2D eigenvalue weighted by Gasteiger charge is 2.36. The zero-order valence-electron chi connectivity index (χ0n) is 16.3. The first-order valence-corrected chi connectivity index (χ1v) is 9.39. The van der Waals surface area contributed by atoms with Crippen LogP contribution in [0.25, 0.3) is 11.0 Å². The van der Waals surface area contributed by atoms with E-state index in [9.17, 15) is 9.59 Å². The lowest BCUT2D eigenvalue weighted by Gasteiger charge is -2.15. The molecule has 148 valence electrons. The Kier molecular flexibility index (Phi) is 4.84. The van der Waals surface area contributed by atoms with Gasteiger partial charge in [0.15, 0.2) is 16.9 Å². The third kappa shape index (κ3) is 3.16. The molecule has 0 bridgehead atoms. The molecule has 1 atom stereocenters. The standard InChI is InChI=1S/C23H21NO5/c1-4-10-28-17-9-7-14(12-18(17)27-3)20-19-21(25)15-11-13(5-2)6-8-16(15)29-22(19)23(26)24-20/h4,6-9,11-12,20H,1,5,10H2,2-3H3,(H,24,26). The van der Waals surface area contributed by atoms with Gasteiger partial charge in [-0.05, 0) is 41.8 Å². The summed E-state index contributed by atoms with van der Waals surface area (Å²) in [5.41, 5.74) is 2.26. The Morgan fingerprint density at radius 2 is 2.00 bits per heavy atom. The second-order valence-electron chi connectivity index (χ2n) is 6.77. The summed E-state index contributed by atoms with van der Waals surface area (Å²) in [6, 6.07) is 10.1. The van der Waals surface area contributed by atoms with Gasteiger partial charge in [0, 0.05) is 0 Å². The summed E-state index contributed by atoms with van der Waals surface area (Å²) >= 11 is 0. The van der Waals surface area contributed by atoms with Crippen LogP contribution in [0.4, 0.5) is 0 Å². The second-order valence-corrected chi connectivity index (χ2v) is 6.77. The summed E-state index contributed by atoms with van der Waals surface area (Å²) in [6.45, 7) is 6.00. The first-order chi connectivity index (χ1) is 14.1. The van der Waals surface area contributed by atoms with E-state index in [1.807, 2.05) is 19.1 Å². The molecule has 4 rings (SSSR count). The number of carbonyl (C=O) groups excluding carboxylic acids is 1. The van der Waals surface area contributed by atoms with E-state index in [0.717, 1.165) is 12.0 Å². The minimum absolute atomic E-state index is 0.0581. The molecule has 1 aromatic heterocycles. The van der Waals surface area contributed by atoms with E-state index < -0.39 is 11.9 Å². The van der Waals surface area contributed by atoms with Gasteiger partial charge < -0.3 is 19.2 Å². The Hall–Kier alpha value is -3.54. The topological polar surface area (TPSA) is 77.8 Å². The molecule has 1 aliphatic heterocycles. The second kappa shape index (κ2) is 7.47. The molecule has 0 radical (unpaired) electrons. The molecular formula is C23H21NO5. The van der Waals surface area contributed by atoms with Crippen molar-refractivity contribution in [3.63, 3.8) is 0 Å². The highest BCUT2D eigenvalue weighted by molar-refractivity contribution is 5.99. The van der Waals surface area contributed by atoms with Crippen molar-refractivity contribution in [2.45, 2.75) is 19.4 Å². The summed E-state index contributed by atoms with van der Waals surface area (Å²) < 4.78 is 16.8. The van der Waals surface area contributed by atoms with Crippen molar-refractivity contribution in [1.29, 1.82) is 0 Å². The van der Waals surface area contributed by atoms with E-state index in [2.05, 4.69) is 11.9 Å². The van der Waals surface area contributed by atoms with E-state index in [1.54, 1.807) is 30.3 Å². The molecular weight excluding hydrogens is 370 g/mol. The van der Waals surface area contributed by atoms with Gasteiger partial charge in [0.25, 0.3) is 5.91 Å². The van der Waals surface area contributed by atoms with Gasteiger partial charge in [0.2, 0.25) is 5.76 Å². The molecule has 1 amide bonds. The molecule has 3 aromatic rings. The highest BCUT2D eigenvalue weighted by atomic mass is 16.5. The Labute approximate surface area is 167 Å². The molecule has 0 aliphatic carbocycles. The van der Waals surface area contributed by atoms with Gasteiger partial charge >= 0.3 is 0 Å². The first-order valence-electron chi connectivity index (χ1n) is 9.39. The first kappa shape index (κ1) is 18.8. The fourth-order valence-corrected chi connectivity index (χ4v) is 3.56. The molecule has 1 aliphatic rings. The number of methoxy groups -OCH3 is 1. The largest absolute Gasteiger partial charge is 0.493 e. The monoisotopic (exact) mass is 391 g/mol. The van der Waals surface area contributed by atoms with Crippen molar-refractivity contribution >= 4 is 16.9 Å². The molecule has 1 N–H and O–H groups in total. The summed E-state index contributed by atoms with van der Waals surface area (Å²) in [7, 11) is 1.54. The van der Waals surface area contributed by atoms with Gasteiger partial charge in [0.1, 0.15) is 12.2 Å². The smallest absolute Gasteiger partial charge is 0.288 e. The molecule has 1 unspecified atom stereocenters. The van der Waals surface area contributed by atoms with Crippen molar-refractivity contribution in [3.8, 4) is 11.5 Å². The van der Waals surface area contributed by atoms with Gasteiger partial charge in [-0.15, -0.1) is 0 Å². The Morgan fingerprint density at radius 3 is 2.72 bits per heavy atom. The van der Waals surface area contributed by atoms with Crippen LogP contribution in [0.5, 0.6) is 11.5 Å². The van der Waals surface area contributed by atoms with E-state index in [1.165, 1.54) is 7.11 Å². The number of nitrogens with one attached hydrogen (secondary N) is 1. The Bertz CT molecular complexity index is 1180. The fourth-order valence-electron chi connectivity index (χ4n) is 3.56. The zero-order chi connectivity index (χ0) is 20.5. The van der Waals surface area contributed by atoms with E-state index >= 15 is 0 Å². The lowest BCUT2D eigenvalue weighted by molar-refractivity contribution is 0.0938. The molecule has 0 saturated heterocycles. The number of aryl methyl sites for hydroxylation is 1. The average molecular weight is 391 g/mol. The summed E-state index contributed by atoms with van der Waals surface area (Å²) in [4.78, 5) is 25.8. The molecule has 0 spiro atoms. The number of carbonyl (C=O) groups is 1. The van der Waals surface area contributed by atoms with Crippen LogP contribution in [0.3, 0.4) is 0 Å². The van der Waals surface area contributed by atoms with E-state index in [0.29, 0.717) is 40.2 Å². The lowest BCUT2D eigenvalue weighted by atomic mass is 9.98. The SMILES string of the molecule is C=CCOc1ccc(C2NC(=O)c3oc4ccc(CC)cc4c(=O)c32)cc1OC. The van der Waals surface area contributed by atoms with Gasteiger partial charge in [-0.3, -0.25) is 9.59 Å². The minimum atomic E-state index is -0.620. The van der Waals surface area contributed by atoms with E-state index in [4.69, 9.17) is 13.9 Å². The number of benzene rings is 2. The van der Waals surface area contributed by atoms with Crippen LogP contribution in [0.15, 0.2) is 58.3 Å². The van der Waals surface area contributed by atoms with Crippen LogP contribution in [-0.2, 0) is 6.42 Å². The number of ether oxygens (including phenoxy) is 2. The minimum Gasteiger partial charge on any atom is -0.493 e. The van der Waals surface area contributed by atoms with Crippen LogP contribution in [0, 0.1) is 0 Å².